The fraction of sp³-hybridized carbons (Fsp3) is 0.385. The Morgan fingerprint density at radius 2 is 2.25 bits per heavy atom. The molecule has 0 saturated carbocycles. The van der Waals surface area contributed by atoms with Crippen LogP contribution in [-0.2, 0) is 9.53 Å². The van der Waals surface area contributed by atoms with E-state index in [0.717, 1.165) is 18.7 Å². The predicted octanol–water partition coefficient (Wildman–Crippen LogP) is 0.937. The van der Waals surface area contributed by atoms with Crippen molar-refractivity contribution < 1.29 is 14.6 Å². The number of carbonyl (C=O) groups is 1. The lowest BCUT2D eigenvalue weighted by Gasteiger charge is -2.25. The lowest BCUT2D eigenvalue weighted by Crippen LogP contribution is -2.42. The first-order chi connectivity index (χ1) is 9.65. The first-order valence-electron chi connectivity index (χ1n) is 6.25. The van der Waals surface area contributed by atoms with Crippen molar-refractivity contribution in [3.05, 3.63) is 28.2 Å². The minimum absolute atomic E-state index is 0.152. The van der Waals surface area contributed by atoms with Gasteiger partial charge in [-0.1, -0.05) is 0 Å². The molecule has 2 N–H and O–H groups in total. The van der Waals surface area contributed by atoms with E-state index in [0.29, 0.717) is 24.2 Å². The minimum atomic E-state index is -0.152. The molecule has 6 nitrogen and oxygen atoms in total. The number of amides is 1. The summed E-state index contributed by atoms with van der Waals surface area (Å²) in [6, 6.07) is 4.98. The van der Waals surface area contributed by atoms with Gasteiger partial charge >= 0.3 is 0 Å². The summed E-state index contributed by atoms with van der Waals surface area (Å²) < 4.78 is 5.80. The molecule has 108 valence electrons. The first kappa shape index (κ1) is 15.0. The zero-order chi connectivity index (χ0) is 14.4. The largest absolute Gasteiger partial charge is 0.507 e. The summed E-state index contributed by atoms with van der Waals surface area (Å²) in [7, 11) is 0. The second-order valence-electron chi connectivity index (χ2n) is 4.39. The number of nitrogens with zero attached hydrogens (tertiary/aromatic N) is 2. The van der Waals surface area contributed by atoms with E-state index in [9.17, 15) is 9.90 Å². The van der Waals surface area contributed by atoms with Crippen molar-refractivity contribution in [2.75, 3.05) is 32.8 Å². The average molecular weight is 342 g/mol. The number of halogens is 1. The van der Waals surface area contributed by atoms with Crippen molar-refractivity contribution in [3.63, 3.8) is 0 Å². The van der Waals surface area contributed by atoms with E-state index < -0.39 is 0 Å². The standard InChI is InChI=1S/C13H16BrN3O3/c14-11-7-10(1-2-12(11)18)8-15-16-13(19)9-17-3-5-20-6-4-17/h1-2,7-8,18H,3-6,9H2,(H,16,19). The third kappa shape index (κ3) is 4.59. The Bertz CT molecular complexity index is 502. The molecule has 1 aliphatic rings. The lowest BCUT2D eigenvalue weighted by atomic mass is 10.2. The highest BCUT2D eigenvalue weighted by molar-refractivity contribution is 9.10. The van der Waals surface area contributed by atoms with Gasteiger partial charge in [0.2, 0.25) is 0 Å². The number of morpholine rings is 1. The third-order valence-electron chi connectivity index (χ3n) is 2.85. The summed E-state index contributed by atoms with van der Waals surface area (Å²) in [6.07, 6.45) is 1.53. The summed E-state index contributed by atoms with van der Waals surface area (Å²) in [5, 5.41) is 13.3. The van der Waals surface area contributed by atoms with Gasteiger partial charge in [0.15, 0.2) is 0 Å². The molecule has 0 bridgehead atoms. The Balaban J connectivity index is 1.79. The van der Waals surface area contributed by atoms with Crippen LogP contribution >= 0.6 is 15.9 Å². The molecule has 0 spiro atoms. The van der Waals surface area contributed by atoms with E-state index >= 15 is 0 Å². The monoisotopic (exact) mass is 341 g/mol. The molecule has 0 aromatic heterocycles. The number of carbonyl (C=O) groups excluding carboxylic acids is 1. The quantitative estimate of drug-likeness (QED) is 0.631. The van der Waals surface area contributed by atoms with Gasteiger partial charge in [-0.25, -0.2) is 5.43 Å². The molecular weight excluding hydrogens is 326 g/mol. The van der Waals surface area contributed by atoms with E-state index in [1.807, 2.05) is 4.90 Å². The second-order valence-corrected chi connectivity index (χ2v) is 5.25. The number of nitrogens with one attached hydrogen (secondary N) is 1. The Morgan fingerprint density at radius 1 is 1.50 bits per heavy atom. The molecule has 1 aromatic carbocycles. The average Bonchev–Trinajstić information content (AvgIpc) is 2.44. The predicted molar refractivity (Wildman–Crippen MR) is 78.8 cm³/mol. The smallest absolute Gasteiger partial charge is 0.254 e. The number of phenolic OH excluding ortho intramolecular Hbond substituents is 1. The maximum atomic E-state index is 11.7. The van der Waals surface area contributed by atoms with Gasteiger partial charge in [-0.15, -0.1) is 0 Å². The van der Waals surface area contributed by atoms with Crippen LogP contribution in [0, 0.1) is 0 Å². The van der Waals surface area contributed by atoms with E-state index in [2.05, 4.69) is 26.5 Å². The van der Waals surface area contributed by atoms with Gasteiger partial charge in [0.05, 0.1) is 30.4 Å². The molecule has 1 aliphatic heterocycles. The molecule has 0 aliphatic carbocycles. The molecule has 1 saturated heterocycles. The zero-order valence-corrected chi connectivity index (χ0v) is 12.5. The fourth-order valence-electron chi connectivity index (χ4n) is 1.78. The number of benzene rings is 1. The van der Waals surface area contributed by atoms with Crippen molar-refractivity contribution in [2.24, 2.45) is 5.10 Å². The van der Waals surface area contributed by atoms with Crippen molar-refractivity contribution in [1.29, 1.82) is 0 Å². The molecule has 1 fully saturated rings. The van der Waals surface area contributed by atoms with Gasteiger partial charge in [-0.2, -0.15) is 5.10 Å². The van der Waals surface area contributed by atoms with Crippen LogP contribution < -0.4 is 5.43 Å². The summed E-state index contributed by atoms with van der Waals surface area (Å²) in [4.78, 5) is 13.7. The summed E-state index contributed by atoms with van der Waals surface area (Å²) in [6.45, 7) is 3.18. The number of hydrazone groups is 1. The number of phenols is 1. The van der Waals surface area contributed by atoms with Gasteiger partial charge in [0.1, 0.15) is 5.75 Å². The number of hydrogen-bond acceptors (Lipinski definition) is 5. The Hall–Kier alpha value is -1.44. The number of aromatic hydroxyl groups is 1. The number of rotatable bonds is 4. The molecule has 1 amide bonds. The first-order valence-corrected chi connectivity index (χ1v) is 7.05. The van der Waals surface area contributed by atoms with E-state index in [-0.39, 0.29) is 11.7 Å². The molecule has 2 rings (SSSR count). The topological polar surface area (TPSA) is 74.2 Å². The maximum absolute atomic E-state index is 11.7. The van der Waals surface area contributed by atoms with Crippen LogP contribution in [0.5, 0.6) is 5.75 Å². The van der Waals surface area contributed by atoms with Gasteiger partial charge in [-0.3, -0.25) is 9.69 Å². The van der Waals surface area contributed by atoms with E-state index in [1.165, 1.54) is 6.21 Å². The highest BCUT2D eigenvalue weighted by Crippen LogP contribution is 2.23. The van der Waals surface area contributed by atoms with E-state index in [1.54, 1.807) is 18.2 Å². The van der Waals surface area contributed by atoms with Crippen molar-refractivity contribution >= 4 is 28.1 Å². The molecule has 0 atom stereocenters. The second kappa shape index (κ2) is 7.37. The highest BCUT2D eigenvalue weighted by Gasteiger charge is 2.13. The zero-order valence-electron chi connectivity index (χ0n) is 10.9. The fourth-order valence-corrected chi connectivity index (χ4v) is 2.18. The van der Waals surface area contributed by atoms with E-state index in [4.69, 9.17) is 4.74 Å². The van der Waals surface area contributed by atoms with Crippen LogP contribution in [0.25, 0.3) is 0 Å². The number of hydrogen-bond donors (Lipinski definition) is 2. The van der Waals surface area contributed by atoms with Gasteiger partial charge < -0.3 is 9.84 Å². The minimum Gasteiger partial charge on any atom is -0.507 e. The summed E-state index contributed by atoms with van der Waals surface area (Å²) >= 11 is 3.22. The van der Waals surface area contributed by atoms with Gasteiger partial charge in [0, 0.05) is 13.1 Å². The van der Waals surface area contributed by atoms with Crippen LogP contribution in [0.2, 0.25) is 0 Å². The molecule has 1 heterocycles. The van der Waals surface area contributed by atoms with Crippen molar-refractivity contribution in [2.45, 2.75) is 0 Å². The van der Waals surface area contributed by atoms with Gasteiger partial charge in [-0.05, 0) is 39.7 Å². The number of ether oxygens (including phenoxy) is 1. The van der Waals surface area contributed by atoms with Gasteiger partial charge in [0.25, 0.3) is 5.91 Å². The molecular formula is C13H16BrN3O3. The van der Waals surface area contributed by atoms with Crippen LogP contribution in [0.1, 0.15) is 5.56 Å². The molecule has 0 unspecified atom stereocenters. The Morgan fingerprint density at radius 3 is 2.95 bits per heavy atom. The van der Waals surface area contributed by atoms with Crippen molar-refractivity contribution in [3.8, 4) is 5.75 Å². The summed E-state index contributed by atoms with van der Waals surface area (Å²) in [5.41, 5.74) is 3.26. The SMILES string of the molecule is O=C(CN1CCOCC1)NN=Cc1ccc(O)c(Br)c1. The molecule has 7 heteroatoms. The van der Waals surface area contributed by atoms with Crippen LogP contribution in [0.15, 0.2) is 27.8 Å². The molecule has 20 heavy (non-hydrogen) atoms. The maximum Gasteiger partial charge on any atom is 0.254 e. The third-order valence-corrected chi connectivity index (χ3v) is 3.48. The normalized spacial score (nSPS) is 16.4. The van der Waals surface area contributed by atoms with Crippen molar-refractivity contribution in [1.82, 2.24) is 10.3 Å². The summed E-state index contributed by atoms with van der Waals surface area (Å²) in [5.74, 6) is 0.0134. The van der Waals surface area contributed by atoms with Crippen LogP contribution in [-0.4, -0.2) is 55.0 Å². The molecule has 1 aromatic rings. The lowest BCUT2D eigenvalue weighted by molar-refractivity contribution is -0.123. The van der Waals surface area contributed by atoms with Crippen LogP contribution in [0.3, 0.4) is 0 Å². The Kier molecular flexibility index (Phi) is 5.51. The Labute approximate surface area is 125 Å². The molecule has 0 radical (unpaired) electrons. The van der Waals surface area contributed by atoms with Crippen LogP contribution in [0.4, 0.5) is 0 Å². The highest BCUT2D eigenvalue weighted by atomic mass is 79.9.